The second kappa shape index (κ2) is 7.71. The zero-order chi connectivity index (χ0) is 17.6. The summed E-state index contributed by atoms with van der Waals surface area (Å²) >= 11 is 0. The van der Waals surface area contributed by atoms with E-state index >= 15 is 0 Å². The molecule has 2 aromatic carbocycles. The average molecular weight is 333 g/mol. The largest absolute Gasteiger partial charge is 0.387 e. The number of aromatic nitrogens is 3. The molecule has 0 amide bonds. The predicted octanol–water partition coefficient (Wildman–Crippen LogP) is 2.52. The van der Waals surface area contributed by atoms with Crippen LogP contribution in [0.4, 0.5) is 0 Å². The highest BCUT2D eigenvalue weighted by Gasteiger charge is 2.11. The van der Waals surface area contributed by atoms with Gasteiger partial charge in [0.15, 0.2) is 0 Å². The van der Waals surface area contributed by atoms with E-state index in [1.165, 1.54) is 6.33 Å². The molecule has 0 aliphatic rings. The van der Waals surface area contributed by atoms with E-state index in [4.69, 9.17) is 5.26 Å². The normalized spacial score (nSPS) is 13.2. The van der Waals surface area contributed by atoms with Gasteiger partial charge < -0.3 is 10.4 Å². The van der Waals surface area contributed by atoms with Crippen molar-refractivity contribution in [2.45, 2.75) is 19.1 Å². The Hall–Kier alpha value is -3.01. The molecule has 3 rings (SSSR count). The summed E-state index contributed by atoms with van der Waals surface area (Å²) in [5.41, 5.74) is 3.45. The Morgan fingerprint density at radius 1 is 1.12 bits per heavy atom. The fourth-order valence-electron chi connectivity index (χ4n) is 2.56. The van der Waals surface area contributed by atoms with Crippen molar-refractivity contribution >= 4 is 0 Å². The lowest BCUT2D eigenvalue weighted by Gasteiger charge is -2.18. The first-order chi connectivity index (χ1) is 12.2. The topological polar surface area (TPSA) is 86.8 Å². The Kier molecular flexibility index (Phi) is 5.19. The zero-order valence-electron chi connectivity index (χ0n) is 13.9. The van der Waals surface area contributed by atoms with Gasteiger partial charge in [-0.05, 0) is 42.3 Å². The molecule has 1 heterocycles. The summed E-state index contributed by atoms with van der Waals surface area (Å²) in [7, 11) is 0. The van der Waals surface area contributed by atoms with Gasteiger partial charge in [-0.3, -0.25) is 0 Å². The van der Waals surface area contributed by atoms with Crippen molar-refractivity contribution in [1.82, 2.24) is 20.1 Å². The Morgan fingerprint density at radius 2 is 1.80 bits per heavy atom. The van der Waals surface area contributed by atoms with E-state index in [9.17, 15) is 5.11 Å². The fraction of sp³-hybridized carbons (Fsp3) is 0.211. The minimum absolute atomic E-state index is 0.0952. The van der Waals surface area contributed by atoms with Crippen LogP contribution in [0.1, 0.15) is 35.8 Å². The average Bonchev–Trinajstić information content (AvgIpc) is 3.21. The highest BCUT2D eigenvalue weighted by molar-refractivity contribution is 5.35. The minimum Gasteiger partial charge on any atom is -0.387 e. The molecule has 0 aliphatic heterocycles. The maximum absolute atomic E-state index is 10.3. The van der Waals surface area contributed by atoms with Gasteiger partial charge in [0, 0.05) is 12.6 Å². The molecule has 0 spiro atoms. The number of benzene rings is 2. The Bertz CT molecular complexity index is 835. The summed E-state index contributed by atoms with van der Waals surface area (Å²) in [6, 6.07) is 17.2. The van der Waals surface area contributed by atoms with Crippen molar-refractivity contribution in [3.8, 4) is 11.8 Å². The molecule has 126 valence electrons. The molecule has 3 aromatic rings. The van der Waals surface area contributed by atoms with Gasteiger partial charge in [0.2, 0.25) is 0 Å². The molecule has 25 heavy (non-hydrogen) atoms. The minimum atomic E-state index is -0.621. The highest BCUT2D eigenvalue weighted by atomic mass is 16.3. The van der Waals surface area contributed by atoms with Crippen molar-refractivity contribution in [2.75, 3.05) is 6.54 Å². The standard InChI is InChI=1S/C19H19N5O/c1-14(16-6-8-18(9-7-16)24-13-21-12-23-24)22-11-19(25)17-4-2-15(10-20)3-5-17/h2-9,12-14,19,22,25H,11H2,1H3. The van der Waals surface area contributed by atoms with Crippen molar-refractivity contribution in [3.63, 3.8) is 0 Å². The Balaban J connectivity index is 1.58. The lowest BCUT2D eigenvalue weighted by atomic mass is 10.1. The van der Waals surface area contributed by atoms with Crippen LogP contribution in [0.25, 0.3) is 5.69 Å². The molecule has 6 heteroatoms. The third-order valence-corrected chi connectivity index (χ3v) is 4.12. The molecule has 0 saturated heterocycles. The molecule has 0 fully saturated rings. The quantitative estimate of drug-likeness (QED) is 0.724. The molecule has 0 bridgehead atoms. The third kappa shape index (κ3) is 4.10. The van der Waals surface area contributed by atoms with Crippen molar-refractivity contribution < 1.29 is 5.11 Å². The van der Waals surface area contributed by atoms with Crippen LogP contribution in [0, 0.1) is 11.3 Å². The van der Waals surface area contributed by atoms with E-state index in [1.54, 1.807) is 35.3 Å². The predicted molar refractivity (Wildman–Crippen MR) is 93.9 cm³/mol. The van der Waals surface area contributed by atoms with Gasteiger partial charge in [-0.15, -0.1) is 0 Å². The number of hydrogen-bond acceptors (Lipinski definition) is 5. The summed E-state index contributed by atoms with van der Waals surface area (Å²) in [5.74, 6) is 0. The Labute approximate surface area is 146 Å². The first kappa shape index (κ1) is 16.8. The van der Waals surface area contributed by atoms with Crippen molar-refractivity contribution in [1.29, 1.82) is 5.26 Å². The second-order valence-corrected chi connectivity index (χ2v) is 5.81. The molecule has 0 aliphatic carbocycles. The maximum Gasteiger partial charge on any atom is 0.138 e. The first-order valence-corrected chi connectivity index (χ1v) is 8.04. The molecule has 0 saturated carbocycles. The number of hydrogen-bond donors (Lipinski definition) is 2. The number of rotatable bonds is 6. The second-order valence-electron chi connectivity index (χ2n) is 5.81. The summed E-state index contributed by atoms with van der Waals surface area (Å²) in [6.45, 7) is 2.48. The fourth-order valence-corrected chi connectivity index (χ4v) is 2.56. The van der Waals surface area contributed by atoms with Crippen LogP contribution in [-0.2, 0) is 0 Å². The molecule has 0 radical (unpaired) electrons. The molecule has 2 atom stereocenters. The van der Waals surface area contributed by atoms with E-state index < -0.39 is 6.10 Å². The van der Waals surface area contributed by atoms with Crippen LogP contribution in [-0.4, -0.2) is 26.4 Å². The van der Waals surface area contributed by atoms with Gasteiger partial charge in [-0.2, -0.15) is 10.4 Å². The third-order valence-electron chi connectivity index (χ3n) is 4.12. The maximum atomic E-state index is 10.3. The highest BCUT2D eigenvalue weighted by Crippen LogP contribution is 2.17. The van der Waals surface area contributed by atoms with E-state index in [0.717, 1.165) is 16.8 Å². The SMILES string of the molecule is CC(NCC(O)c1ccc(C#N)cc1)c1ccc(-n2cncn2)cc1. The monoisotopic (exact) mass is 333 g/mol. The molecule has 6 nitrogen and oxygen atoms in total. The van der Waals surface area contributed by atoms with Gasteiger partial charge in [0.25, 0.3) is 0 Å². The van der Waals surface area contributed by atoms with Crippen LogP contribution >= 0.6 is 0 Å². The molecule has 2 unspecified atom stereocenters. The lowest BCUT2D eigenvalue weighted by Crippen LogP contribution is -2.24. The van der Waals surface area contributed by atoms with Crippen molar-refractivity contribution in [3.05, 3.63) is 77.9 Å². The van der Waals surface area contributed by atoms with E-state index in [-0.39, 0.29) is 6.04 Å². The number of aliphatic hydroxyl groups excluding tert-OH is 1. The van der Waals surface area contributed by atoms with Gasteiger partial charge in [-0.25, -0.2) is 9.67 Å². The van der Waals surface area contributed by atoms with E-state index in [0.29, 0.717) is 12.1 Å². The number of aliphatic hydroxyl groups is 1. The number of nitrogens with one attached hydrogen (secondary N) is 1. The molecular formula is C19H19N5O. The van der Waals surface area contributed by atoms with Crippen molar-refractivity contribution in [2.24, 2.45) is 0 Å². The smallest absolute Gasteiger partial charge is 0.138 e. The zero-order valence-corrected chi connectivity index (χ0v) is 13.9. The van der Waals surface area contributed by atoms with E-state index in [2.05, 4.69) is 28.4 Å². The summed E-state index contributed by atoms with van der Waals surface area (Å²) < 4.78 is 1.70. The van der Waals surface area contributed by atoms with Gasteiger partial charge in [0.1, 0.15) is 12.7 Å². The summed E-state index contributed by atoms with van der Waals surface area (Å²) in [6.07, 6.45) is 2.54. The lowest BCUT2D eigenvalue weighted by molar-refractivity contribution is 0.171. The van der Waals surface area contributed by atoms with Crippen LogP contribution < -0.4 is 5.32 Å². The van der Waals surface area contributed by atoms with Gasteiger partial charge in [-0.1, -0.05) is 24.3 Å². The van der Waals surface area contributed by atoms with Crippen LogP contribution in [0.15, 0.2) is 61.2 Å². The van der Waals surface area contributed by atoms with Crippen LogP contribution in [0.2, 0.25) is 0 Å². The first-order valence-electron chi connectivity index (χ1n) is 8.04. The summed E-state index contributed by atoms with van der Waals surface area (Å²) in [4.78, 5) is 3.94. The number of nitriles is 1. The summed E-state index contributed by atoms with van der Waals surface area (Å²) in [5, 5.41) is 26.5. The number of nitrogens with zero attached hydrogens (tertiary/aromatic N) is 4. The van der Waals surface area contributed by atoms with Gasteiger partial charge in [0.05, 0.1) is 23.4 Å². The van der Waals surface area contributed by atoms with E-state index in [1.807, 2.05) is 24.3 Å². The van der Waals surface area contributed by atoms with Crippen LogP contribution in [0.5, 0.6) is 0 Å². The molecule has 1 aromatic heterocycles. The van der Waals surface area contributed by atoms with Crippen LogP contribution in [0.3, 0.4) is 0 Å². The van der Waals surface area contributed by atoms with Gasteiger partial charge >= 0.3 is 0 Å². The molecular weight excluding hydrogens is 314 g/mol. The Morgan fingerprint density at radius 3 is 2.40 bits per heavy atom. The molecule has 2 N–H and O–H groups in total.